The first-order valence-electron chi connectivity index (χ1n) is 8.76. The van der Waals surface area contributed by atoms with Crippen molar-refractivity contribution in [1.82, 2.24) is 5.32 Å². The lowest BCUT2D eigenvalue weighted by atomic mass is 10.1. The minimum absolute atomic E-state index is 0.136. The van der Waals surface area contributed by atoms with Crippen LogP contribution in [0.15, 0.2) is 52.7 Å². The highest BCUT2D eigenvalue weighted by molar-refractivity contribution is 8.15. The molecule has 1 amide bonds. The Morgan fingerprint density at radius 1 is 1.24 bits per heavy atom. The maximum absolute atomic E-state index is 12.2. The summed E-state index contributed by atoms with van der Waals surface area (Å²) in [7, 11) is 0. The molecule has 0 spiro atoms. The van der Waals surface area contributed by atoms with Gasteiger partial charge in [-0.25, -0.2) is 4.79 Å². The molecule has 0 aliphatic carbocycles. The van der Waals surface area contributed by atoms with Gasteiger partial charge in [0.1, 0.15) is 0 Å². The summed E-state index contributed by atoms with van der Waals surface area (Å²) in [6.07, 6.45) is 2.01. The fraction of sp³-hybridized carbons (Fsp3) is 0.200. The van der Waals surface area contributed by atoms with Gasteiger partial charge in [-0.1, -0.05) is 53.2 Å². The summed E-state index contributed by atoms with van der Waals surface area (Å²) in [6, 6.07) is 12.1. The fourth-order valence-corrected chi connectivity index (χ4v) is 3.96. The minimum atomic E-state index is -0.361. The molecular formula is C20H17Cl2N3O3S. The molecule has 9 heteroatoms. The minimum Gasteiger partial charge on any atom is -0.462 e. The number of carbonyl (C=O) groups excluding carboxylic acids is 2. The Morgan fingerprint density at radius 3 is 2.69 bits per heavy atom. The van der Waals surface area contributed by atoms with Gasteiger partial charge in [-0.15, -0.1) is 5.10 Å². The van der Waals surface area contributed by atoms with Gasteiger partial charge in [0.25, 0.3) is 0 Å². The van der Waals surface area contributed by atoms with Crippen LogP contribution in [0, 0.1) is 0 Å². The van der Waals surface area contributed by atoms with E-state index >= 15 is 0 Å². The number of nitrogens with zero attached hydrogens (tertiary/aromatic N) is 2. The van der Waals surface area contributed by atoms with E-state index < -0.39 is 0 Å². The molecule has 2 aromatic carbocycles. The third kappa shape index (κ3) is 5.82. The molecule has 1 heterocycles. The highest BCUT2D eigenvalue weighted by Gasteiger charge is 2.30. The molecule has 0 saturated carbocycles. The van der Waals surface area contributed by atoms with Gasteiger partial charge in [0, 0.05) is 10.6 Å². The zero-order valence-electron chi connectivity index (χ0n) is 15.4. The van der Waals surface area contributed by atoms with Crippen LogP contribution in [-0.2, 0) is 16.0 Å². The highest BCUT2D eigenvalue weighted by atomic mass is 35.5. The topological polar surface area (TPSA) is 80.1 Å². The summed E-state index contributed by atoms with van der Waals surface area (Å²) in [5.74, 6) is -0.497. The molecule has 0 aromatic heterocycles. The normalized spacial score (nSPS) is 17.7. The number of ether oxygens (including phenoxy) is 1. The monoisotopic (exact) mass is 449 g/mol. The van der Waals surface area contributed by atoms with Crippen molar-refractivity contribution < 1.29 is 14.3 Å². The van der Waals surface area contributed by atoms with Gasteiger partial charge in [-0.3, -0.25) is 4.79 Å². The zero-order valence-corrected chi connectivity index (χ0v) is 17.7. The van der Waals surface area contributed by atoms with Crippen LogP contribution in [0.2, 0.25) is 10.0 Å². The molecule has 1 aliphatic heterocycles. The van der Waals surface area contributed by atoms with Crippen molar-refractivity contribution in [2.75, 3.05) is 6.61 Å². The number of thioether (sulfide) groups is 1. The number of halogens is 2. The number of rotatable bonds is 6. The number of amides is 1. The number of esters is 1. The Bertz CT molecular complexity index is 977. The summed E-state index contributed by atoms with van der Waals surface area (Å²) in [4.78, 5) is 23.9. The maximum Gasteiger partial charge on any atom is 0.338 e. The Hall–Kier alpha value is -2.35. The van der Waals surface area contributed by atoms with Crippen LogP contribution in [0.5, 0.6) is 0 Å². The van der Waals surface area contributed by atoms with Crippen LogP contribution in [-0.4, -0.2) is 35.1 Å². The quantitative estimate of drug-likeness (QED) is 0.404. The van der Waals surface area contributed by atoms with Gasteiger partial charge in [-0.05, 0) is 43.2 Å². The highest BCUT2D eigenvalue weighted by Crippen LogP contribution is 2.24. The third-order valence-corrected chi connectivity index (χ3v) is 5.61. The molecule has 2 aromatic rings. The molecule has 6 nitrogen and oxygen atoms in total. The van der Waals surface area contributed by atoms with Crippen molar-refractivity contribution in [1.29, 1.82) is 0 Å². The molecule has 1 atom stereocenters. The summed E-state index contributed by atoms with van der Waals surface area (Å²) in [6.45, 7) is 2.09. The standard InChI is InChI=1S/C20H17Cl2N3O3S/c1-2-28-19(27)13-5-3-12(4-6-13)9-17-18(26)24-20(29-17)25-23-11-14-7-8-15(21)10-16(14)22/h3-8,10-11,17H,2,9H2,1H3,(H,24,25,26). The van der Waals surface area contributed by atoms with E-state index in [2.05, 4.69) is 15.5 Å². The summed E-state index contributed by atoms with van der Waals surface area (Å²) in [5.41, 5.74) is 2.09. The predicted octanol–water partition coefficient (Wildman–Crippen LogP) is 4.33. The van der Waals surface area contributed by atoms with Gasteiger partial charge in [0.05, 0.1) is 28.7 Å². The first kappa shape index (κ1) is 21.4. The molecule has 1 N–H and O–H groups in total. The average molecular weight is 450 g/mol. The van der Waals surface area contributed by atoms with Crippen LogP contribution >= 0.6 is 35.0 Å². The second kappa shape index (κ2) is 9.91. The molecule has 29 heavy (non-hydrogen) atoms. The largest absolute Gasteiger partial charge is 0.462 e. The summed E-state index contributed by atoms with van der Waals surface area (Å²) in [5, 5.41) is 11.8. The predicted molar refractivity (Wildman–Crippen MR) is 117 cm³/mol. The van der Waals surface area contributed by atoms with Gasteiger partial charge >= 0.3 is 5.97 Å². The number of nitrogens with one attached hydrogen (secondary N) is 1. The molecule has 0 radical (unpaired) electrons. The lowest BCUT2D eigenvalue weighted by molar-refractivity contribution is -0.118. The molecular weight excluding hydrogens is 433 g/mol. The number of hydrogen-bond acceptors (Lipinski definition) is 6. The number of amidine groups is 1. The third-order valence-electron chi connectivity index (χ3n) is 3.97. The van der Waals surface area contributed by atoms with E-state index in [9.17, 15) is 9.59 Å². The van der Waals surface area contributed by atoms with Crippen molar-refractivity contribution >= 4 is 58.2 Å². The van der Waals surface area contributed by atoms with Crippen molar-refractivity contribution in [3.8, 4) is 0 Å². The van der Waals surface area contributed by atoms with E-state index in [1.807, 2.05) is 12.1 Å². The van der Waals surface area contributed by atoms with Crippen molar-refractivity contribution in [2.45, 2.75) is 18.6 Å². The average Bonchev–Trinajstić information content (AvgIpc) is 3.03. The molecule has 1 unspecified atom stereocenters. The van der Waals surface area contributed by atoms with Crippen LogP contribution in [0.25, 0.3) is 0 Å². The summed E-state index contributed by atoms with van der Waals surface area (Å²) >= 11 is 13.2. The Balaban J connectivity index is 1.60. The van der Waals surface area contributed by atoms with Crippen LogP contribution in [0.4, 0.5) is 0 Å². The maximum atomic E-state index is 12.2. The molecule has 1 saturated heterocycles. The molecule has 150 valence electrons. The molecule has 1 fully saturated rings. The van der Waals surface area contributed by atoms with Crippen molar-refractivity contribution in [3.05, 3.63) is 69.2 Å². The van der Waals surface area contributed by atoms with E-state index in [1.54, 1.807) is 37.3 Å². The lowest BCUT2D eigenvalue weighted by Crippen LogP contribution is -2.25. The van der Waals surface area contributed by atoms with E-state index in [0.717, 1.165) is 5.56 Å². The Labute approximate surface area is 182 Å². The summed E-state index contributed by atoms with van der Waals surface area (Å²) < 4.78 is 4.96. The van der Waals surface area contributed by atoms with Gasteiger partial charge in [-0.2, -0.15) is 5.10 Å². The number of carbonyl (C=O) groups is 2. The Morgan fingerprint density at radius 2 is 2.00 bits per heavy atom. The molecule has 1 aliphatic rings. The SMILES string of the molecule is CCOC(=O)c1ccc(CC2S/C(=N/N=Cc3ccc(Cl)cc3Cl)NC2=O)cc1. The Kier molecular flexibility index (Phi) is 7.30. The van der Waals surface area contributed by atoms with E-state index in [-0.39, 0.29) is 17.1 Å². The van der Waals surface area contributed by atoms with E-state index in [4.69, 9.17) is 27.9 Å². The molecule has 0 bridgehead atoms. The van der Waals surface area contributed by atoms with Gasteiger partial charge < -0.3 is 10.1 Å². The fourth-order valence-electron chi connectivity index (χ4n) is 2.54. The second-order valence-electron chi connectivity index (χ2n) is 6.03. The van der Waals surface area contributed by atoms with Crippen LogP contribution in [0.3, 0.4) is 0 Å². The van der Waals surface area contributed by atoms with Crippen molar-refractivity contribution in [3.63, 3.8) is 0 Å². The van der Waals surface area contributed by atoms with Gasteiger partial charge in [0.2, 0.25) is 5.91 Å². The number of benzene rings is 2. The smallest absolute Gasteiger partial charge is 0.338 e. The first-order chi connectivity index (χ1) is 14.0. The van der Waals surface area contributed by atoms with E-state index in [1.165, 1.54) is 18.0 Å². The second-order valence-corrected chi connectivity index (χ2v) is 8.07. The molecule has 3 rings (SSSR count). The van der Waals surface area contributed by atoms with Crippen LogP contribution < -0.4 is 5.32 Å². The van der Waals surface area contributed by atoms with Gasteiger partial charge in [0.15, 0.2) is 5.17 Å². The van der Waals surface area contributed by atoms with Crippen LogP contribution in [0.1, 0.15) is 28.4 Å². The zero-order chi connectivity index (χ0) is 20.8. The van der Waals surface area contributed by atoms with Crippen molar-refractivity contribution in [2.24, 2.45) is 10.2 Å². The lowest BCUT2D eigenvalue weighted by Gasteiger charge is -2.06. The number of hydrogen-bond donors (Lipinski definition) is 1. The van der Waals surface area contributed by atoms with E-state index in [0.29, 0.717) is 39.4 Å². The first-order valence-corrected chi connectivity index (χ1v) is 10.4.